The van der Waals surface area contributed by atoms with Crippen molar-refractivity contribution in [3.63, 3.8) is 0 Å². The van der Waals surface area contributed by atoms with Crippen molar-refractivity contribution in [1.29, 1.82) is 0 Å². The molecule has 5 aromatic rings. The second-order valence-electron chi connectivity index (χ2n) is 9.73. The molecule has 0 saturated heterocycles. The van der Waals surface area contributed by atoms with Crippen LogP contribution in [0.25, 0.3) is 16.3 Å². The molecule has 212 valence electrons. The third-order valence-electron chi connectivity index (χ3n) is 7.27. The number of thiophene rings is 1. The van der Waals surface area contributed by atoms with Crippen molar-refractivity contribution in [2.45, 2.75) is 26.1 Å². The minimum absolute atomic E-state index is 0.532. The van der Waals surface area contributed by atoms with Gasteiger partial charge in [-0.1, -0.05) is 12.1 Å². The molecule has 1 aliphatic rings. The Morgan fingerprint density at radius 1 is 0.902 bits per heavy atom. The van der Waals surface area contributed by atoms with E-state index in [2.05, 4.69) is 22.3 Å². The molecular weight excluding hydrogens is 540 g/mol. The molecule has 0 radical (unpaired) electrons. The Balaban J connectivity index is 1.28. The van der Waals surface area contributed by atoms with Crippen LogP contribution >= 0.6 is 11.3 Å². The van der Waals surface area contributed by atoms with E-state index < -0.39 is 0 Å². The highest BCUT2D eigenvalue weighted by atomic mass is 32.1. The lowest BCUT2D eigenvalue weighted by atomic mass is 9.98. The summed E-state index contributed by atoms with van der Waals surface area (Å²) in [6, 6.07) is 14.1. The van der Waals surface area contributed by atoms with Crippen molar-refractivity contribution in [3.8, 4) is 33.7 Å². The molecule has 0 amide bonds. The van der Waals surface area contributed by atoms with Crippen LogP contribution in [0.4, 0.5) is 5.95 Å². The van der Waals surface area contributed by atoms with E-state index >= 15 is 0 Å². The van der Waals surface area contributed by atoms with Crippen LogP contribution in [0.2, 0.25) is 0 Å². The Hall–Kier alpha value is -4.35. The number of anilines is 1. The number of nitrogens with one attached hydrogen (secondary N) is 1. The van der Waals surface area contributed by atoms with E-state index in [-0.39, 0.29) is 0 Å². The van der Waals surface area contributed by atoms with Gasteiger partial charge in [-0.2, -0.15) is 4.52 Å². The predicted molar refractivity (Wildman–Crippen MR) is 158 cm³/mol. The van der Waals surface area contributed by atoms with Crippen molar-refractivity contribution in [3.05, 3.63) is 76.3 Å². The summed E-state index contributed by atoms with van der Waals surface area (Å²) in [6.07, 6.45) is 2.83. The molecule has 4 heterocycles. The molecule has 0 atom stereocenters. The van der Waals surface area contributed by atoms with Crippen LogP contribution < -0.4 is 24.3 Å². The van der Waals surface area contributed by atoms with E-state index in [9.17, 15) is 0 Å². The zero-order valence-electron chi connectivity index (χ0n) is 23.5. The van der Waals surface area contributed by atoms with Gasteiger partial charge >= 0.3 is 0 Å². The van der Waals surface area contributed by atoms with Crippen molar-refractivity contribution < 1.29 is 18.9 Å². The second kappa shape index (κ2) is 11.6. The van der Waals surface area contributed by atoms with Crippen molar-refractivity contribution >= 4 is 22.9 Å². The van der Waals surface area contributed by atoms with Crippen LogP contribution in [-0.4, -0.2) is 59.5 Å². The molecule has 1 aliphatic heterocycles. The second-order valence-corrected chi connectivity index (χ2v) is 10.7. The maximum Gasteiger partial charge on any atom is 0.226 e. The van der Waals surface area contributed by atoms with Gasteiger partial charge in [0.05, 0.1) is 33.3 Å². The highest BCUT2D eigenvalue weighted by molar-refractivity contribution is 7.13. The van der Waals surface area contributed by atoms with Gasteiger partial charge in [0, 0.05) is 37.9 Å². The molecule has 11 heteroatoms. The molecule has 41 heavy (non-hydrogen) atoms. The van der Waals surface area contributed by atoms with Gasteiger partial charge < -0.3 is 24.3 Å². The molecule has 0 fully saturated rings. The lowest BCUT2D eigenvalue weighted by Gasteiger charge is -2.29. The highest BCUT2D eigenvalue weighted by Crippen LogP contribution is 2.34. The van der Waals surface area contributed by atoms with Crippen LogP contribution in [0.15, 0.2) is 54.0 Å². The summed E-state index contributed by atoms with van der Waals surface area (Å²) in [6.45, 7) is 2.94. The third kappa shape index (κ3) is 5.38. The molecule has 6 rings (SSSR count). The first kappa shape index (κ1) is 26.9. The fourth-order valence-corrected chi connectivity index (χ4v) is 5.80. The Bertz CT molecular complexity index is 1670. The minimum atomic E-state index is 0.532. The van der Waals surface area contributed by atoms with E-state index in [0.29, 0.717) is 36.4 Å². The van der Waals surface area contributed by atoms with E-state index in [0.717, 1.165) is 52.7 Å². The van der Waals surface area contributed by atoms with Gasteiger partial charge in [0.1, 0.15) is 0 Å². The highest BCUT2D eigenvalue weighted by Gasteiger charge is 2.22. The first-order chi connectivity index (χ1) is 20.1. The van der Waals surface area contributed by atoms with Crippen LogP contribution in [0.1, 0.15) is 22.3 Å². The van der Waals surface area contributed by atoms with Crippen molar-refractivity contribution in [1.82, 2.24) is 24.5 Å². The SMILES string of the molecule is COc1ccc(CNc2ncc(CN3CCc4cc(OC)c(OC)cc4C3)c3nc(-c4cccs4)nn23)cc1OC. The molecular formula is C30H32N6O4S. The van der Waals surface area contributed by atoms with E-state index in [1.165, 1.54) is 11.1 Å². The summed E-state index contributed by atoms with van der Waals surface area (Å²) in [5.41, 5.74) is 5.36. The van der Waals surface area contributed by atoms with E-state index in [1.54, 1.807) is 39.8 Å². The number of methoxy groups -OCH3 is 4. The molecule has 0 bridgehead atoms. The molecule has 2 aromatic carbocycles. The Kier molecular flexibility index (Phi) is 7.62. The molecule has 1 N–H and O–H groups in total. The Morgan fingerprint density at radius 3 is 2.39 bits per heavy atom. The molecule has 0 aliphatic carbocycles. The first-order valence-corrected chi connectivity index (χ1v) is 14.2. The maximum atomic E-state index is 5.55. The number of ether oxygens (including phenoxy) is 4. The fraction of sp³-hybridized carbons (Fsp3) is 0.300. The van der Waals surface area contributed by atoms with Crippen LogP contribution in [0.3, 0.4) is 0 Å². The molecule has 10 nitrogen and oxygen atoms in total. The summed E-state index contributed by atoms with van der Waals surface area (Å²) in [4.78, 5) is 13.2. The number of fused-ring (bicyclic) bond motifs is 2. The summed E-state index contributed by atoms with van der Waals surface area (Å²) in [7, 11) is 6.61. The predicted octanol–water partition coefficient (Wildman–Crippen LogP) is 5.06. The zero-order chi connectivity index (χ0) is 28.3. The van der Waals surface area contributed by atoms with E-state index in [1.807, 2.05) is 46.4 Å². The molecule has 0 spiro atoms. The summed E-state index contributed by atoms with van der Waals surface area (Å²) < 4.78 is 23.7. The van der Waals surface area contributed by atoms with Crippen LogP contribution in [0.5, 0.6) is 23.0 Å². The van der Waals surface area contributed by atoms with Gasteiger partial charge in [0.2, 0.25) is 5.95 Å². The molecule has 0 saturated carbocycles. The molecule has 0 unspecified atom stereocenters. The number of aromatic nitrogens is 4. The summed E-state index contributed by atoms with van der Waals surface area (Å²) in [5.74, 6) is 4.20. The van der Waals surface area contributed by atoms with Gasteiger partial charge in [-0.05, 0) is 58.8 Å². The summed E-state index contributed by atoms with van der Waals surface area (Å²) >= 11 is 1.62. The number of rotatable bonds is 10. The number of hydrogen-bond donors (Lipinski definition) is 1. The number of nitrogens with zero attached hydrogens (tertiary/aromatic N) is 5. The largest absolute Gasteiger partial charge is 0.493 e. The van der Waals surface area contributed by atoms with Gasteiger partial charge in [-0.25, -0.2) is 9.97 Å². The number of hydrogen-bond acceptors (Lipinski definition) is 10. The topological polar surface area (TPSA) is 95.3 Å². The maximum absolute atomic E-state index is 5.55. The first-order valence-electron chi connectivity index (χ1n) is 13.3. The zero-order valence-corrected chi connectivity index (χ0v) is 24.3. The summed E-state index contributed by atoms with van der Waals surface area (Å²) in [5, 5.41) is 10.3. The lowest BCUT2D eigenvalue weighted by Crippen LogP contribution is -2.30. The quantitative estimate of drug-likeness (QED) is 0.246. The third-order valence-corrected chi connectivity index (χ3v) is 8.13. The van der Waals surface area contributed by atoms with Crippen LogP contribution in [-0.2, 0) is 26.1 Å². The van der Waals surface area contributed by atoms with Crippen molar-refractivity contribution in [2.24, 2.45) is 0 Å². The van der Waals surface area contributed by atoms with Gasteiger partial charge in [0.15, 0.2) is 34.5 Å². The van der Waals surface area contributed by atoms with Gasteiger partial charge in [0.25, 0.3) is 0 Å². The number of benzene rings is 2. The fourth-order valence-electron chi connectivity index (χ4n) is 5.15. The Morgan fingerprint density at radius 2 is 1.66 bits per heavy atom. The lowest BCUT2D eigenvalue weighted by molar-refractivity contribution is 0.244. The van der Waals surface area contributed by atoms with Gasteiger partial charge in [-0.3, -0.25) is 4.90 Å². The normalized spacial score (nSPS) is 13.2. The smallest absolute Gasteiger partial charge is 0.226 e. The molecule has 3 aromatic heterocycles. The van der Waals surface area contributed by atoms with Gasteiger partial charge in [-0.15, -0.1) is 16.4 Å². The van der Waals surface area contributed by atoms with Crippen molar-refractivity contribution in [2.75, 3.05) is 40.3 Å². The van der Waals surface area contributed by atoms with E-state index in [4.69, 9.17) is 34.0 Å². The standard InChI is InChI=1S/C30H32N6O4S/c1-37-23-8-7-19(12-24(23)38-2)15-31-30-32-16-22(29-33-28(34-36(29)30)27-6-5-11-41-27)18-35-10-9-20-13-25(39-3)26(40-4)14-21(20)17-35/h5-8,11-14,16H,9-10,15,17-18H2,1-4H3,(H,31,32). The average Bonchev–Trinajstić information content (AvgIpc) is 3.71. The van der Waals surface area contributed by atoms with Crippen LogP contribution in [0, 0.1) is 0 Å². The average molecular weight is 573 g/mol. The minimum Gasteiger partial charge on any atom is -0.493 e. The Labute approximate surface area is 242 Å². The monoisotopic (exact) mass is 572 g/mol.